The second-order valence-electron chi connectivity index (χ2n) is 23.9. The molecule has 88 heavy (non-hydrogen) atoms. The summed E-state index contributed by atoms with van der Waals surface area (Å²) in [6, 6.07) is 18.0. The van der Waals surface area contributed by atoms with Gasteiger partial charge in [-0.15, -0.1) is 0 Å². The fourth-order valence-electron chi connectivity index (χ4n) is 9.79. The molecule has 1 aromatic heterocycles. The summed E-state index contributed by atoms with van der Waals surface area (Å²) in [4.78, 5) is 135. The van der Waals surface area contributed by atoms with Gasteiger partial charge in [-0.05, 0) is 95.9 Å². The van der Waals surface area contributed by atoms with Gasteiger partial charge in [0.2, 0.25) is 47.3 Å². The fraction of sp³-hybridized carbons (Fsp3) is 0.446. The first kappa shape index (κ1) is 69.6. The van der Waals surface area contributed by atoms with Gasteiger partial charge in [0.15, 0.2) is 0 Å². The summed E-state index contributed by atoms with van der Waals surface area (Å²) >= 11 is 0. The van der Waals surface area contributed by atoms with Crippen molar-refractivity contribution in [3.8, 4) is 11.5 Å². The third-order valence-electron chi connectivity index (χ3n) is 14.4. The summed E-state index contributed by atoms with van der Waals surface area (Å²) in [6.45, 7) is 14.3. The molecule has 5 aromatic rings. The van der Waals surface area contributed by atoms with Crippen molar-refractivity contribution >= 4 is 53.2 Å². The summed E-state index contributed by atoms with van der Waals surface area (Å²) in [5.74, 6) is -8.44. The van der Waals surface area contributed by atoms with Crippen LogP contribution in [0.1, 0.15) is 103 Å². The molecule has 474 valence electrons. The van der Waals surface area contributed by atoms with Crippen molar-refractivity contribution in [2.24, 2.45) is 29.4 Å². The van der Waals surface area contributed by atoms with Gasteiger partial charge in [0.1, 0.15) is 59.8 Å². The number of aliphatic carboxylic acids is 1. The van der Waals surface area contributed by atoms with Crippen LogP contribution in [0.5, 0.6) is 11.5 Å². The number of aromatic amines is 1. The molecule has 0 aliphatic rings. The standard InChI is InChI=1S/C65H87N11O12/c1-37(2)27-49(69-57(79)48(66)30-41-15-11-9-12-16-41)58(80)70-50(28-38(3)4)59(81)72-52(31-42-17-13-10-14-18-42)60(82)73-53(32-43-19-23-46(77)24-20-43)61(83)74-54(33-44-21-25-47(78)26-22-44)62(84)75-55(34-45-35-67-36-68-45)63(85)71-51(29-39(5)6)64(86)76-56(40(7)8)65(87)88/h9-26,35-40,48-56,77-78H,27-34,66H2,1-8H3,(H,67,68)(H,69,79)(H,70,80)(H,71,85)(H,72,81)(H,73,82)(H,74,83)(H,75,84)(H,76,86)(H,87,88)/t48-,49-,50-,51-,52-,53-,54-,55-,56-/m0/s1. The molecule has 8 amide bonds. The van der Waals surface area contributed by atoms with E-state index in [1.165, 1.54) is 61.1 Å². The van der Waals surface area contributed by atoms with Crippen LogP contribution in [0.15, 0.2) is 122 Å². The number of nitrogens with zero attached hydrogens (tertiary/aromatic N) is 1. The van der Waals surface area contributed by atoms with Crippen molar-refractivity contribution in [3.63, 3.8) is 0 Å². The lowest BCUT2D eigenvalue weighted by molar-refractivity contribution is -0.143. The molecule has 23 nitrogen and oxygen atoms in total. The smallest absolute Gasteiger partial charge is 0.326 e. The molecule has 0 aliphatic carbocycles. The van der Waals surface area contributed by atoms with Gasteiger partial charge in [-0.25, -0.2) is 9.78 Å². The molecule has 0 spiro atoms. The highest BCUT2D eigenvalue weighted by atomic mass is 16.4. The molecule has 14 N–H and O–H groups in total. The number of hydrogen-bond acceptors (Lipinski definition) is 13. The fourth-order valence-corrected chi connectivity index (χ4v) is 9.79. The maximum atomic E-state index is 15.0. The first-order chi connectivity index (χ1) is 41.7. The Morgan fingerprint density at radius 1 is 0.409 bits per heavy atom. The highest BCUT2D eigenvalue weighted by Gasteiger charge is 2.37. The van der Waals surface area contributed by atoms with Gasteiger partial charge < -0.3 is 68.6 Å². The number of hydrogen-bond donors (Lipinski definition) is 13. The van der Waals surface area contributed by atoms with Gasteiger partial charge in [-0.3, -0.25) is 38.4 Å². The molecule has 0 unspecified atom stereocenters. The van der Waals surface area contributed by atoms with E-state index in [0.29, 0.717) is 22.4 Å². The number of nitrogens with one attached hydrogen (secondary N) is 9. The summed E-state index contributed by atoms with van der Waals surface area (Å²) in [5, 5.41) is 52.3. The molecule has 5 rings (SSSR count). The number of benzene rings is 4. The maximum absolute atomic E-state index is 15.0. The Bertz CT molecular complexity index is 3070. The van der Waals surface area contributed by atoms with Crippen molar-refractivity contribution in [2.45, 2.75) is 161 Å². The van der Waals surface area contributed by atoms with Crippen LogP contribution in [0.4, 0.5) is 0 Å². The summed E-state index contributed by atoms with van der Waals surface area (Å²) in [7, 11) is 0. The summed E-state index contributed by atoms with van der Waals surface area (Å²) in [6.07, 6.45) is 2.72. The zero-order valence-electron chi connectivity index (χ0n) is 51.2. The Hall–Kier alpha value is -9.12. The molecule has 0 saturated carbocycles. The number of aromatic nitrogens is 2. The van der Waals surface area contributed by atoms with E-state index in [9.17, 15) is 53.7 Å². The number of nitrogens with two attached hydrogens (primary N) is 1. The summed E-state index contributed by atoms with van der Waals surface area (Å²) < 4.78 is 0. The zero-order valence-corrected chi connectivity index (χ0v) is 51.2. The van der Waals surface area contributed by atoms with Crippen LogP contribution in [0, 0.1) is 23.7 Å². The number of rotatable bonds is 34. The van der Waals surface area contributed by atoms with Crippen molar-refractivity contribution in [1.29, 1.82) is 0 Å². The lowest BCUT2D eigenvalue weighted by Gasteiger charge is -2.29. The first-order valence-corrected chi connectivity index (χ1v) is 29.8. The van der Waals surface area contributed by atoms with E-state index >= 15 is 4.79 Å². The molecule has 0 saturated heterocycles. The number of carbonyl (C=O) groups is 9. The number of phenols is 2. The Kier molecular flexibility index (Phi) is 27.1. The van der Waals surface area contributed by atoms with E-state index < -0.39 is 114 Å². The number of carboxylic acid groups (broad SMARTS) is 1. The number of carboxylic acids is 1. The van der Waals surface area contributed by atoms with E-state index in [2.05, 4.69) is 52.5 Å². The lowest BCUT2D eigenvalue weighted by atomic mass is 9.98. The van der Waals surface area contributed by atoms with Gasteiger partial charge in [0.25, 0.3) is 0 Å². The van der Waals surface area contributed by atoms with Crippen LogP contribution in [0.3, 0.4) is 0 Å². The second kappa shape index (κ2) is 34.3. The third-order valence-corrected chi connectivity index (χ3v) is 14.4. The van der Waals surface area contributed by atoms with E-state index in [1.54, 1.807) is 44.2 Å². The summed E-state index contributed by atoms with van der Waals surface area (Å²) in [5.41, 5.74) is 9.09. The third kappa shape index (κ3) is 23.3. The quantitative estimate of drug-likeness (QED) is 0.0281. The molecule has 0 radical (unpaired) electrons. The number of phenolic OH excluding ortho intramolecular Hbond substituents is 2. The molecule has 0 aliphatic heterocycles. The Labute approximate surface area is 514 Å². The molecule has 9 atom stereocenters. The van der Waals surface area contributed by atoms with Crippen LogP contribution in [0.2, 0.25) is 0 Å². The second-order valence-corrected chi connectivity index (χ2v) is 23.9. The zero-order chi connectivity index (χ0) is 64.6. The number of amides is 8. The van der Waals surface area contributed by atoms with Crippen LogP contribution < -0.4 is 48.3 Å². The van der Waals surface area contributed by atoms with Gasteiger partial charge in [0.05, 0.1) is 12.4 Å². The molecule has 23 heteroatoms. The minimum absolute atomic E-state index is 0.0706. The van der Waals surface area contributed by atoms with Crippen molar-refractivity contribution < 1.29 is 58.5 Å². The van der Waals surface area contributed by atoms with E-state index in [-0.39, 0.29) is 80.6 Å². The normalized spacial score (nSPS) is 14.4. The largest absolute Gasteiger partial charge is 0.508 e. The van der Waals surface area contributed by atoms with Crippen molar-refractivity contribution in [2.75, 3.05) is 0 Å². The van der Waals surface area contributed by atoms with Gasteiger partial charge in [-0.2, -0.15) is 0 Å². The monoisotopic (exact) mass is 1210 g/mol. The Morgan fingerprint density at radius 2 is 0.716 bits per heavy atom. The first-order valence-electron chi connectivity index (χ1n) is 29.8. The number of carbonyl (C=O) groups excluding carboxylic acids is 8. The topological polar surface area (TPSA) is 365 Å². The van der Waals surface area contributed by atoms with Crippen LogP contribution in [0.25, 0.3) is 0 Å². The molecule has 0 bridgehead atoms. The number of H-pyrrole nitrogens is 1. The van der Waals surface area contributed by atoms with Gasteiger partial charge in [-0.1, -0.05) is 140 Å². The molecule has 4 aromatic carbocycles. The van der Waals surface area contributed by atoms with Gasteiger partial charge >= 0.3 is 5.97 Å². The van der Waals surface area contributed by atoms with Crippen LogP contribution in [-0.2, 0) is 75.3 Å². The average Bonchev–Trinajstić information content (AvgIpc) is 3.41. The Balaban J connectivity index is 1.47. The highest BCUT2D eigenvalue weighted by molar-refractivity contribution is 5.98. The van der Waals surface area contributed by atoms with Crippen LogP contribution in [-0.4, -0.2) is 133 Å². The van der Waals surface area contributed by atoms with E-state index in [1.807, 2.05) is 71.9 Å². The van der Waals surface area contributed by atoms with Crippen LogP contribution >= 0.6 is 0 Å². The van der Waals surface area contributed by atoms with Gasteiger partial charge in [0, 0.05) is 37.6 Å². The lowest BCUT2D eigenvalue weighted by Crippen LogP contribution is -2.61. The SMILES string of the molecule is CC(C)C[C@H](NC(=O)[C@H](CC(C)C)NC(=O)[C@@H](N)Cc1ccccc1)C(=O)N[C@@H](Cc1ccccc1)C(=O)N[C@@H](Cc1ccc(O)cc1)C(=O)N[C@@H](Cc1ccc(O)cc1)C(=O)N[C@@H](Cc1cnc[nH]1)C(=O)N[C@@H](CC(C)C)C(=O)N[C@H](C(=O)O)C(C)C. The number of aromatic hydroxyl groups is 2. The van der Waals surface area contributed by atoms with E-state index in [0.717, 1.165) is 5.56 Å². The predicted octanol–water partition coefficient (Wildman–Crippen LogP) is 3.42. The predicted molar refractivity (Wildman–Crippen MR) is 330 cm³/mol. The van der Waals surface area contributed by atoms with Crippen molar-refractivity contribution in [1.82, 2.24) is 52.5 Å². The molecule has 0 fully saturated rings. The molecular weight excluding hydrogens is 1130 g/mol. The maximum Gasteiger partial charge on any atom is 0.326 e. The minimum Gasteiger partial charge on any atom is -0.508 e. The molecular formula is C65H87N11O12. The average molecular weight is 1210 g/mol. The Morgan fingerprint density at radius 3 is 1.05 bits per heavy atom. The highest BCUT2D eigenvalue weighted by Crippen LogP contribution is 2.17. The van der Waals surface area contributed by atoms with Crippen molar-refractivity contribution in [3.05, 3.63) is 150 Å². The number of imidazole rings is 1. The minimum atomic E-state index is -1.51. The molecule has 1 heterocycles. The van der Waals surface area contributed by atoms with E-state index in [4.69, 9.17) is 5.73 Å².